The van der Waals surface area contributed by atoms with Crippen molar-refractivity contribution >= 4 is 11.8 Å². The van der Waals surface area contributed by atoms with Crippen LogP contribution in [0.25, 0.3) is 0 Å². The van der Waals surface area contributed by atoms with E-state index in [1.54, 1.807) is 0 Å². The van der Waals surface area contributed by atoms with Crippen molar-refractivity contribution in [3.05, 3.63) is 24.5 Å². The van der Waals surface area contributed by atoms with Crippen molar-refractivity contribution in [2.75, 3.05) is 44.8 Å². The summed E-state index contributed by atoms with van der Waals surface area (Å²) in [6.07, 6.45) is 15.0. The van der Waals surface area contributed by atoms with Gasteiger partial charge in [0.1, 0.15) is 0 Å². The number of carbonyl (C=O) groups excluding carboxylic acids is 1. The van der Waals surface area contributed by atoms with Crippen molar-refractivity contribution in [2.24, 2.45) is 51.8 Å². The Bertz CT molecular complexity index is 1080. The van der Waals surface area contributed by atoms with Crippen LogP contribution in [0.1, 0.15) is 72.1 Å². The van der Waals surface area contributed by atoms with Crippen molar-refractivity contribution in [1.82, 2.24) is 9.88 Å². The number of rotatable bonds is 5. The first-order chi connectivity index (χ1) is 18.8. The number of carbonyl (C=O) groups is 1. The van der Waals surface area contributed by atoms with E-state index in [4.69, 9.17) is 9.47 Å². The largest absolute Gasteiger partial charge is 0.449 e. The number of hydrogen-bond acceptors (Lipinski definition) is 5. The maximum absolute atomic E-state index is 13.0. The van der Waals surface area contributed by atoms with Crippen LogP contribution in [0.3, 0.4) is 0 Å². The second-order valence-corrected chi connectivity index (χ2v) is 14.7. The van der Waals surface area contributed by atoms with E-state index >= 15 is 0 Å². The first kappa shape index (κ1) is 26.1. The fourth-order valence-corrected chi connectivity index (χ4v) is 11.7. The molecule has 6 nitrogen and oxygen atoms in total. The molecule has 1 aliphatic heterocycles. The highest BCUT2D eigenvalue weighted by Gasteiger charge is 2.77. The fourth-order valence-electron chi connectivity index (χ4n) is 11.7. The molecule has 0 aromatic carbocycles. The quantitative estimate of drug-likeness (QED) is 0.445. The lowest BCUT2D eigenvalue weighted by Gasteiger charge is -2.61. The summed E-state index contributed by atoms with van der Waals surface area (Å²) in [5, 5.41) is 0. The number of anilines is 1. The molecule has 5 aliphatic carbocycles. The van der Waals surface area contributed by atoms with Gasteiger partial charge >= 0.3 is 6.09 Å². The first-order valence-corrected chi connectivity index (χ1v) is 15.9. The molecule has 1 spiro atoms. The van der Waals surface area contributed by atoms with Gasteiger partial charge in [-0.25, -0.2) is 4.79 Å². The number of hydrogen-bond donors (Lipinski definition) is 0. The predicted octanol–water partition coefficient (Wildman–Crippen LogP) is 6.26. The highest BCUT2D eigenvalue weighted by atomic mass is 16.6. The highest BCUT2D eigenvalue weighted by Crippen LogP contribution is 2.82. The Kier molecular flexibility index (Phi) is 6.26. The number of aromatic nitrogens is 1. The van der Waals surface area contributed by atoms with Crippen LogP contribution in [0.2, 0.25) is 0 Å². The fraction of sp³-hybridized carbons (Fsp3) is 0.818. The molecule has 6 heteroatoms. The normalized spacial score (nSPS) is 45.1. The molecule has 1 saturated heterocycles. The maximum Gasteiger partial charge on any atom is 0.409 e. The molecule has 7 rings (SSSR count). The van der Waals surface area contributed by atoms with Gasteiger partial charge in [0, 0.05) is 56.8 Å². The van der Waals surface area contributed by atoms with Gasteiger partial charge in [0.05, 0.1) is 12.7 Å². The minimum Gasteiger partial charge on any atom is -0.449 e. The van der Waals surface area contributed by atoms with Crippen LogP contribution in [0.5, 0.6) is 0 Å². The van der Waals surface area contributed by atoms with Crippen LogP contribution in [0.4, 0.5) is 10.5 Å². The third kappa shape index (κ3) is 3.75. The van der Waals surface area contributed by atoms with E-state index < -0.39 is 0 Å². The second kappa shape index (κ2) is 9.36. The number of ether oxygens (including phenoxy) is 2. The summed E-state index contributed by atoms with van der Waals surface area (Å²) in [5.41, 5.74) is 2.53. The lowest BCUT2D eigenvalue weighted by molar-refractivity contribution is -0.161. The van der Waals surface area contributed by atoms with Crippen LogP contribution in [-0.2, 0) is 9.47 Å². The molecule has 39 heavy (non-hydrogen) atoms. The van der Waals surface area contributed by atoms with E-state index in [0.29, 0.717) is 53.9 Å². The third-order valence-corrected chi connectivity index (χ3v) is 13.6. The Labute approximate surface area is 235 Å². The van der Waals surface area contributed by atoms with Gasteiger partial charge in [-0.2, -0.15) is 0 Å². The molecule has 6 aliphatic rings. The van der Waals surface area contributed by atoms with E-state index in [9.17, 15) is 4.79 Å². The zero-order chi connectivity index (χ0) is 27.0. The van der Waals surface area contributed by atoms with Crippen LogP contribution in [-0.4, -0.2) is 62.0 Å². The van der Waals surface area contributed by atoms with Gasteiger partial charge in [0.25, 0.3) is 0 Å². The van der Waals surface area contributed by atoms with Gasteiger partial charge in [-0.05, 0) is 110 Å². The number of pyridine rings is 1. The number of nitrogens with zero attached hydrogens (tertiary/aromatic N) is 3. The molecule has 2 heterocycles. The Morgan fingerprint density at radius 3 is 2.54 bits per heavy atom. The molecule has 5 saturated carbocycles. The Hall–Kier alpha value is -1.82. The zero-order valence-corrected chi connectivity index (χ0v) is 24.6. The molecule has 1 aromatic heterocycles. The number of fused-ring (bicyclic) bond motifs is 4. The van der Waals surface area contributed by atoms with Gasteiger partial charge in [0.2, 0.25) is 0 Å². The average Bonchev–Trinajstić information content (AvgIpc) is 3.47. The smallest absolute Gasteiger partial charge is 0.409 e. The number of amides is 1. The summed E-state index contributed by atoms with van der Waals surface area (Å²) in [7, 11) is 1.99. The van der Waals surface area contributed by atoms with Crippen LogP contribution in [0, 0.1) is 51.8 Å². The topological polar surface area (TPSA) is 54.9 Å². The predicted molar refractivity (Wildman–Crippen MR) is 152 cm³/mol. The summed E-state index contributed by atoms with van der Waals surface area (Å²) in [6.45, 7) is 11.3. The molecular weight excluding hydrogens is 486 g/mol. The average molecular weight is 536 g/mol. The van der Waals surface area contributed by atoms with E-state index in [1.807, 2.05) is 36.5 Å². The summed E-state index contributed by atoms with van der Waals surface area (Å²) < 4.78 is 12.3. The maximum atomic E-state index is 13.0. The molecule has 1 amide bonds. The van der Waals surface area contributed by atoms with E-state index in [0.717, 1.165) is 36.8 Å². The number of methoxy groups -OCH3 is 1. The molecular formula is C33H49N3O3. The van der Waals surface area contributed by atoms with Crippen LogP contribution >= 0.6 is 0 Å². The van der Waals surface area contributed by atoms with E-state index in [2.05, 4.69) is 30.7 Å². The molecule has 0 N–H and O–H groups in total. The molecule has 10 atom stereocenters. The van der Waals surface area contributed by atoms with Crippen LogP contribution in [0.15, 0.2) is 24.5 Å². The third-order valence-electron chi connectivity index (χ3n) is 13.6. The van der Waals surface area contributed by atoms with Crippen molar-refractivity contribution < 1.29 is 14.3 Å². The molecule has 1 aromatic rings. The van der Waals surface area contributed by atoms with E-state index in [1.165, 1.54) is 57.1 Å². The standard InChI is InChI=1S/C33H49N3O3/c1-22(21-39-30(37)36-17-15-35(16-18-36)24-9-13-34-14-10-24)26-5-6-27-25-19-29(38-4)33-20-23(33)7-12-32(33,3)28(25)8-11-31(26,27)2/h9-10,13-14,22-23,25-29H,5-8,11-12,15-21H2,1-4H3/t22-,23-,25+,26-,27+,28+,29?,31-,32-,33-/m1/s1. The number of piperazine rings is 1. The first-order valence-electron chi connectivity index (χ1n) is 15.9. The summed E-state index contributed by atoms with van der Waals surface area (Å²) in [5.74, 6) is 4.47. The van der Waals surface area contributed by atoms with Crippen molar-refractivity contribution in [1.29, 1.82) is 0 Å². The lowest BCUT2D eigenvalue weighted by atomic mass is 9.45. The Balaban J connectivity index is 0.970. The minimum absolute atomic E-state index is 0.131. The SMILES string of the molecule is COC1C[C@H]2[C@@H]3CC[C@H]([C@H](C)COC(=O)N4CCN(c5ccncc5)CC4)[C@@]3(C)CC[C@@H]2[C@@]2(C)CC[C@@H]3C[C@]132. The monoisotopic (exact) mass is 535 g/mol. The Morgan fingerprint density at radius 1 is 1.05 bits per heavy atom. The summed E-state index contributed by atoms with van der Waals surface area (Å²) >= 11 is 0. The van der Waals surface area contributed by atoms with Gasteiger partial charge < -0.3 is 19.3 Å². The van der Waals surface area contributed by atoms with E-state index in [-0.39, 0.29) is 6.09 Å². The highest BCUT2D eigenvalue weighted by molar-refractivity contribution is 5.68. The van der Waals surface area contributed by atoms with Crippen molar-refractivity contribution in [3.63, 3.8) is 0 Å². The van der Waals surface area contributed by atoms with Crippen LogP contribution < -0.4 is 4.90 Å². The summed E-state index contributed by atoms with van der Waals surface area (Å²) in [4.78, 5) is 21.3. The molecule has 6 fully saturated rings. The molecule has 0 radical (unpaired) electrons. The van der Waals surface area contributed by atoms with Gasteiger partial charge in [-0.15, -0.1) is 0 Å². The Morgan fingerprint density at radius 2 is 1.82 bits per heavy atom. The molecule has 214 valence electrons. The van der Waals surface area contributed by atoms with Gasteiger partial charge in [-0.1, -0.05) is 20.8 Å². The summed E-state index contributed by atoms with van der Waals surface area (Å²) in [6, 6.07) is 4.08. The van der Waals surface area contributed by atoms with Crippen molar-refractivity contribution in [3.8, 4) is 0 Å². The van der Waals surface area contributed by atoms with Gasteiger partial charge in [0.15, 0.2) is 0 Å². The molecule has 1 unspecified atom stereocenters. The lowest BCUT2D eigenvalue weighted by Crippen LogP contribution is -2.57. The van der Waals surface area contributed by atoms with Crippen molar-refractivity contribution in [2.45, 2.75) is 78.2 Å². The minimum atomic E-state index is -0.131. The molecule has 0 bridgehead atoms. The second-order valence-electron chi connectivity index (χ2n) is 14.7. The zero-order valence-electron chi connectivity index (χ0n) is 24.6. The van der Waals surface area contributed by atoms with Gasteiger partial charge in [-0.3, -0.25) is 4.98 Å².